The second-order valence-electron chi connectivity index (χ2n) is 9.00. The lowest BCUT2D eigenvalue weighted by atomic mass is 10.0. The number of nitrogens with zero attached hydrogens (tertiary/aromatic N) is 4. The zero-order chi connectivity index (χ0) is 22.0. The van der Waals surface area contributed by atoms with Gasteiger partial charge in [-0.1, -0.05) is 0 Å². The van der Waals surface area contributed by atoms with E-state index in [1.165, 1.54) is 6.07 Å². The molecular weight excluding hydrogens is 407 g/mol. The van der Waals surface area contributed by atoms with E-state index in [1.54, 1.807) is 12.3 Å². The highest BCUT2D eigenvalue weighted by molar-refractivity contribution is 5.88. The molecule has 7 nitrogen and oxygen atoms in total. The summed E-state index contributed by atoms with van der Waals surface area (Å²) < 4.78 is 20.5. The summed E-state index contributed by atoms with van der Waals surface area (Å²) in [6.07, 6.45) is 4.28. The van der Waals surface area contributed by atoms with Gasteiger partial charge in [-0.3, -0.25) is 4.98 Å². The molecule has 2 aliphatic carbocycles. The van der Waals surface area contributed by atoms with Gasteiger partial charge in [-0.2, -0.15) is 9.97 Å². The lowest BCUT2D eigenvalue weighted by Gasteiger charge is -2.32. The van der Waals surface area contributed by atoms with Crippen LogP contribution in [0.2, 0.25) is 0 Å². The summed E-state index contributed by atoms with van der Waals surface area (Å²) in [6, 6.07) is 7.74. The number of halogens is 1. The first-order valence-corrected chi connectivity index (χ1v) is 11.0. The van der Waals surface area contributed by atoms with E-state index in [0.717, 1.165) is 59.0 Å². The first-order chi connectivity index (χ1) is 15.5. The smallest absolute Gasteiger partial charge is 0.324 e. The molecule has 0 spiro atoms. The molecule has 3 N–H and O–H groups in total. The number of rotatable bonds is 4. The summed E-state index contributed by atoms with van der Waals surface area (Å²) in [5.41, 5.74) is 11.6. The summed E-state index contributed by atoms with van der Waals surface area (Å²) in [6.45, 7) is 2.78. The number of anilines is 2. The zero-order valence-electron chi connectivity index (χ0n) is 18.1. The minimum absolute atomic E-state index is 0.237. The van der Waals surface area contributed by atoms with Gasteiger partial charge in [0, 0.05) is 49.0 Å². The van der Waals surface area contributed by atoms with E-state index in [0.29, 0.717) is 24.1 Å². The number of pyridine rings is 1. The fourth-order valence-electron chi connectivity index (χ4n) is 5.44. The molecule has 2 bridgehead atoms. The maximum Gasteiger partial charge on any atom is 0.324 e. The standard InChI is InChI=1S/C24H25FN6O/c1-12-3-4-16(10-28-12)32-24-29-21-9-17-18(6-14(25)7-20(17)27-2)22(21)23(30-24)31-11-13-5-15(31)8-19(13)26/h3-4,6-7,10,13,15,19,27H,5,8-9,11,26H2,1-2H3/t13?,15-,19-/m1/s1. The largest absolute Gasteiger partial charge is 0.423 e. The van der Waals surface area contributed by atoms with E-state index in [2.05, 4.69) is 15.2 Å². The van der Waals surface area contributed by atoms with Gasteiger partial charge >= 0.3 is 6.01 Å². The lowest BCUT2D eigenvalue weighted by Crippen LogP contribution is -2.41. The molecule has 1 saturated heterocycles. The third kappa shape index (κ3) is 3.01. The van der Waals surface area contributed by atoms with Crippen LogP contribution >= 0.6 is 0 Å². The Kier molecular flexibility index (Phi) is 4.33. The highest BCUT2D eigenvalue weighted by Crippen LogP contribution is 2.48. The number of hydrogen-bond donors (Lipinski definition) is 2. The maximum atomic E-state index is 14.5. The molecule has 2 fully saturated rings. The SMILES string of the molecule is CNc1cc(F)cc2c1Cc1nc(Oc3ccc(C)nc3)nc(N3CC4C[C@@H]3C[C@H]4N)c1-2. The van der Waals surface area contributed by atoms with Crippen LogP contribution in [0.25, 0.3) is 11.1 Å². The molecule has 3 aromatic rings. The van der Waals surface area contributed by atoms with E-state index in [1.807, 2.05) is 26.1 Å². The number of fused-ring (bicyclic) bond motifs is 5. The molecule has 3 aliphatic rings. The van der Waals surface area contributed by atoms with Crippen molar-refractivity contribution < 1.29 is 9.13 Å². The summed E-state index contributed by atoms with van der Waals surface area (Å²) in [4.78, 5) is 16.2. The van der Waals surface area contributed by atoms with Crippen molar-refractivity contribution in [2.24, 2.45) is 11.7 Å². The van der Waals surface area contributed by atoms with Crippen molar-refractivity contribution in [2.75, 3.05) is 23.8 Å². The molecule has 1 unspecified atom stereocenters. The van der Waals surface area contributed by atoms with Crippen molar-refractivity contribution in [1.82, 2.24) is 15.0 Å². The van der Waals surface area contributed by atoms with E-state index in [-0.39, 0.29) is 17.9 Å². The Morgan fingerprint density at radius 3 is 2.78 bits per heavy atom. The Bertz CT molecular complexity index is 1210. The third-order valence-corrected chi connectivity index (χ3v) is 7.00. The number of nitrogens with one attached hydrogen (secondary N) is 1. The van der Waals surface area contributed by atoms with Gasteiger partial charge in [0.25, 0.3) is 0 Å². The van der Waals surface area contributed by atoms with Crippen LogP contribution in [0.4, 0.5) is 15.9 Å². The molecule has 3 atom stereocenters. The van der Waals surface area contributed by atoms with Crippen molar-refractivity contribution in [3.8, 4) is 22.9 Å². The molecule has 3 heterocycles. The van der Waals surface area contributed by atoms with Crippen LogP contribution in [-0.2, 0) is 6.42 Å². The van der Waals surface area contributed by atoms with Crippen molar-refractivity contribution in [3.05, 3.63) is 53.2 Å². The van der Waals surface area contributed by atoms with Gasteiger partial charge in [-0.15, -0.1) is 0 Å². The van der Waals surface area contributed by atoms with Crippen molar-refractivity contribution in [2.45, 2.75) is 38.3 Å². The quantitative estimate of drug-likeness (QED) is 0.509. The Morgan fingerprint density at radius 2 is 2.09 bits per heavy atom. The molecule has 164 valence electrons. The van der Waals surface area contributed by atoms with Crippen LogP contribution in [0.1, 0.15) is 29.8 Å². The minimum atomic E-state index is -0.275. The highest BCUT2D eigenvalue weighted by Gasteiger charge is 2.45. The first-order valence-electron chi connectivity index (χ1n) is 11.0. The predicted molar refractivity (Wildman–Crippen MR) is 121 cm³/mol. The number of ether oxygens (including phenoxy) is 1. The second kappa shape index (κ2) is 7.13. The summed E-state index contributed by atoms with van der Waals surface area (Å²) in [7, 11) is 1.81. The van der Waals surface area contributed by atoms with Gasteiger partial charge in [0.1, 0.15) is 17.4 Å². The average Bonchev–Trinajstić information content (AvgIpc) is 3.46. The van der Waals surface area contributed by atoms with E-state index < -0.39 is 0 Å². The third-order valence-electron chi connectivity index (χ3n) is 7.00. The molecule has 1 aromatic carbocycles. The second-order valence-corrected chi connectivity index (χ2v) is 9.00. The molecule has 32 heavy (non-hydrogen) atoms. The summed E-state index contributed by atoms with van der Waals surface area (Å²) in [5.74, 6) is 1.58. The number of aromatic nitrogens is 3. The van der Waals surface area contributed by atoms with Crippen LogP contribution in [0.3, 0.4) is 0 Å². The van der Waals surface area contributed by atoms with E-state index >= 15 is 0 Å². The molecule has 6 rings (SSSR count). The topological polar surface area (TPSA) is 89.2 Å². The molecule has 8 heteroatoms. The molecular formula is C24H25FN6O. The summed E-state index contributed by atoms with van der Waals surface area (Å²) >= 11 is 0. The molecule has 2 aromatic heterocycles. The predicted octanol–water partition coefficient (Wildman–Crippen LogP) is 3.65. The fraction of sp³-hybridized carbons (Fsp3) is 0.375. The van der Waals surface area contributed by atoms with Crippen LogP contribution in [0.5, 0.6) is 11.8 Å². The average molecular weight is 433 g/mol. The first kappa shape index (κ1) is 19.4. The van der Waals surface area contributed by atoms with E-state index in [9.17, 15) is 4.39 Å². The van der Waals surface area contributed by atoms with Crippen LogP contribution in [0.15, 0.2) is 30.5 Å². The van der Waals surface area contributed by atoms with Crippen LogP contribution in [-0.4, -0.2) is 40.6 Å². The van der Waals surface area contributed by atoms with Crippen molar-refractivity contribution >= 4 is 11.5 Å². The highest BCUT2D eigenvalue weighted by atomic mass is 19.1. The number of benzene rings is 1. The molecule has 1 saturated carbocycles. The van der Waals surface area contributed by atoms with Crippen molar-refractivity contribution in [3.63, 3.8) is 0 Å². The summed E-state index contributed by atoms with van der Waals surface area (Å²) in [5, 5.41) is 3.13. The zero-order valence-corrected chi connectivity index (χ0v) is 18.1. The monoisotopic (exact) mass is 432 g/mol. The lowest BCUT2D eigenvalue weighted by molar-refractivity contribution is 0.434. The van der Waals surface area contributed by atoms with Gasteiger partial charge in [0.05, 0.1) is 11.9 Å². The molecule has 0 radical (unpaired) electrons. The van der Waals surface area contributed by atoms with Gasteiger partial charge in [0.15, 0.2) is 0 Å². The normalized spacial score (nSPS) is 22.8. The van der Waals surface area contributed by atoms with Gasteiger partial charge in [0.2, 0.25) is 0 Å². The van der Waals surface area contributed by atoms with E-state index in [4.69, 9.17) is 20.4 Å². The Labute approximate surface area is 185 Å². The molecule has 1 aliphatic heterocycles. The Balaban J connectivity index is 1.48. The number of piperidine rings is 1. The minimum Gasteiger partial charge on any atom is -0.423 e. The van der Waals surface area contributed by atoms with Gasteiger partial charge in [-0.05, 0) is 61.1 Å². The Hall–Kier alpha value is -3.26. The number of aryl methyl sites for hydroxylation is 1. The maximum absolute atomic E-state index is 14.5. The fourth-order valence-corrected chi connectivity index (χ4v) is 5.44. The van der Waals surface area contributed by atoms with Crippen molar-refractivity contribution in [1.29, 1.82) is 0 Å². The van der Waals surface area contributed by atoms with Crippen LogP contribution < -0.4 is 20.7 Å². The van der Waals surface area contributed by atoms with Gasteiger partial charge < -0.3 is 20.7 Å². The Morgan fingerprint density at radius 1 is 1.22 bits per heavy atom. The van der Waals surface area contributed by atoms with Crippen LogP contribution in [0, 0.1) is 18.7 Å². The number of nitrogens with two attached hydrogens (primary N) is 1. The van der Waals surface area contributed by atoms with Gasteiger partial charge in [-0.25, -0.2) is 4.39 Å². The number of hydrogen-bond acceptors (Lipinski definition) is 7. The molecule has 0 amide bonds.